The minimum atomic E-state index is -0.217. The number of aryl methyl sites for hydroxylation is 2. The van der Waals surface area contributed by atoms with Crippen LogP contribution in [0.4, 0.5) is 5.69 Å². The van der Waals surface area contributed by atoms with Gasteiger partial charge in [-0.05, 0) is 55.3 Å². The minimum absolute atomic E-state index is 0.0470. The number of carbonyl (C=O) groups excluding carboxylic acids is 1. The molecule has 1 heterocycles. The monoisotopic (exact) mass is 363 g/mol. The van der Waals surface area contributed by atoms with Gasteiger partial charge in [0.2, 0.25) is 5.88 Å². The Kier molecular flexibility index (Phi) is 5.66. The van der Waals surface area contributed by atoms with Gasteiger partial charge in [-0.15, -0.1) is 10.2 Å². The van der Waals surface area contributed by atoms with Crippen LogP contribution in [0, 0.1) is 13.8 Å². The van der Waals surface area contributed by atoms with Crippen molar-refractivity contribution in [3.63, 3.8) is 0 Å². The topological polar surface area (TPSA) is 73.3 Å². The molecular formula is C21H21N3O3. The second kappa shape index (κ2) is 8.31. The van der Waals surface area contributed by atoms with E-state index in [0.29, 0.717) is 17.3 Å². The van der Waals surface area contributed by atoms with Crippen LogP contribution in [0.25, 0.3) is 11.3 Å². The molecule has 138 valence electrons. The third-order valence-corrected chi connectivity index (χ3v) is 3.88. The quantitative estimate of drug-likeness (QED) is 0.721. The lowest BCUT2D eigenvalue weighted by Crippen LogP contribution is -2.20. The first-order valence-electron chi connectivity index (χ1n) is 8.52. The zero-order valence-electron chi connectivity index (χ0n) is 15.5. The van der Waals surface area contributed by atoms with E-state index in [1.54, 1.807) is 13.2 Å². The zero-order chi connectivity index (χ0) is 19.2. The van der Waals surface area contributed by atoms with Crippen molar-refractivity contribution in [3.05, 3.63) is 65.7 Å². The third kappa shape index (κ3) is 5.04. The number of aromatic nitrogens is 2. The van der Waals surface area contributed by atoms with E-state index in [4.69, 9.17) is 9.47 Å². The highest BCUT2D eigenvalue weighted by Crippen LogP contribution is 2.20. The fourth-order valence-electron chi connectivity index (χ4n) is 2.67. The SMILES string of the molecule is COc1ccc(-c2ccc(NC(=O)COc3cc(C)cc(C)c3)cc2)nn1. The molecule has 6 nitrogen and oxygen atoms in total. The molecule has 0 aliphatic heterocycles. The molecule has 0 radical (unpaired) electrons. The lowest BCUT2D eigenvalue weighted by molar-refractivity contribution is -0.118. The van der Waals surface area contributed by atoms with Gasteiger partial charge >= 0.3 is 0 Å². The summed E-state index contributed by atoms with van der Waals surface area (Å²) in [6.07, 6.45) is 0. The molecule has 0 fully saturated rings. The highest BCUT2D eigenvalue weighted by molar-refractivity contribution is 5.92. The van der Waals surface area contributed by atoms with Gasteiger partial charge in [0.25, 0.3) is 5.91 Å². The summed E-state index contributed by atoms with van der Waals surface area (Å²) in [5, 5.41) is 10.9. The van der Waals surface area contributed by atoms with Gasteiger partial charge in [-0.25, -0.2) is 0 Å². The third-order valence-electron chi connectivity index (χ3n) is 3.88. The Labute approximate surface area is 158 Å². The summed E-state index contributed by atoms with van der Waals surface area (Å²) in [5.74, 6) is 0.939. The number of benzene rings is 2. The molecule has 0 atom stereocenters. The van der Waals surface area contributed by atoms with Gasteiger partial charge in [-0.2, -0.15) is 0 Å². The summed E-state index contributed by atoms with van der Waals surface area (Å²) >= 11 is 0. The van der Waals surface area contributed by atoms with Crippen molar-refractivity contribution in [1.82, 2.24) is 10.2 Å². The maximum atomic E-state index is 12.1. The van der Waals surface area contributed by atoms with Crippen molar-refractivity contribution in [1.29, 1.82) is 0 Å². The molecule has 3 aromatic rings. The Hall–Kier alpha value is -3.41. The average molecular weight is 363 g/mol. The molecule has 0 aliphatic rings. The normalized spacial score (nSPS) is 10.3. The Morgan fingerprint density at radius 3 is 2.26 bits per heavy atom. The van der Waals surface area contributed by atoms with Crippen LogP contribution in [0.5, 0.6) is 11.6 Å². The van der Waals surface area contributed by atoms with Crippen LogP contribution >= 0.6 is 0 Å². The van der Waals surface area contributed by atoms with E-state index >= 15 is 0 Å². The zero-order valence-corrected chi connectivity index (χ0v) is 15.5. The molecule has 0 saturated heterocycles. The second-order valence-corrected chi connectivity index (χ2v) is 6.20. The summed E-state index contributed by atoms with van der Waals surface area (Å²) in [6, 6.07) is 16.8. The first-order valence-corrected chi connectivity index (χ1v) is 8.52. The molecule has 0 aliphatic carbocycles. The highest BCUT2D eigenvalue weighted by Gasteiger charge is 2.06. The van der Waals surface area contributed by atoms with Crippen LogP contribution in [0.1, 0.15) is 11.1 Å². The number of methoxy groups -OCH3 is 1. The number of carbonyl (C=O) groups is 1. The van der Waals surface area contributed by atoms with Crippen LogP contribution in [0.3, 0.4) is 0 Å². The lowest BCUT2D eigenvalue weighted by atomic mass is 10.1. The van der Waals surface area contributed by atoms with Gasteiger partial charge in [-0.1, -0.05) is 18.2 Å². The smallest absolute Gasteiger partial charge is 0.262 e. The van der Waals surface area contributed by atoms with Gasteiger partial charge < -0.3 is 14.8 Å². The number of nitrogens with one attached hydrogen (secondary N) is 1. The number of rotatable bonds is 6. The Balaban J connectivity index is 1.57. The summed E-state index contributed by atoms with van der Waals surface area (Å²) in [6.45, 7) is 3.94. The number of hydrogen-bond donors (Lipinski definition) is 1. The van der Waals surface area contributed by atoms with Crippen LogP contribution < -0.4 is 14.8 Å². The molecule has 1 N–H and O–H groups in total. The van der Waals surface area contributed by atoms with E-state index < -0.39 is 0 Å². The molecule has 0 unspecified atom stereocenters. The van der Waals surface area contributed by atoms with Crippen molar-refractivity contribution in [3.8, 4) is 22.9 Å². The average Bonchev–Trinajstić information content (AvgIpc) is 2.66. The van der Waals surface area contributed by atoms with Crippen molar-refractivity contribution < 1.29 is 14.3 Å². The molecule has 3 rings (SSSR count). The molecule has 1 aromatic heterocycles. The van der Waals surface area contributed by atoms with Gasteiger partial charge in [-0.3, -0.25) is 4.79 Å². The predicted molar refractivity (Wildman–Crippen MR) is 104 cm³/mol. The van der Waals surface area contributed by atoms with Crippen LogP contribution in [-0.4, -0.2) is 29.8 Å². The standard InChI is InChI=1S/C21H21N3O3/c1-14-10-15(2)12-18(11-14)27-13-20(25)22-17-6-4-16(5-7-17)19-8-9-21(26-3)24-23-19/h4-12H,13H2,1-3H3,(H,22,25). The first-order chi connectivity index (χ1) is 13.0. The number of ether oxygens (including phenoxy) is 2. The van der Waals surface area contributed by atoms with E-state index in [2.05, 4.69) is 21.6 Å². The van der Waals surface area contributed by atoms with Crippen molar-refractivity contribution >= 4 is 11.6 Å². The molecule has 0 bridgehead atoms. The Bertz CT molecular complexity index is 902. The summed E-state index contributed by atoms with van der Waals surface area (Å²) in [4.78, 5) is 12.1. The Morgan fingerprint density at radius 2 is 1.67 bits per heavy atom. The fourth-order valence-corrected chi connectivity index (χ4v) is 2.67. The van der Waals surface area contributed by atoms with Crippen LogP contribution in [0.15, 0.2) is 54.6 Å². The summed E-state index contributed by atoms with van der Waals surface area (Å²) in [7, 11) is 1.55. The van der Waals surface area contributed by atoms with Crippen molar-refractivity contribution in [2.45, 2.75) is 13.8 Å². The largest absolute Gasteiger partial charge is 0.484 e. The first kappa shape index (κ1) is 18.4. The fraction of sp³-hybridized carbons (Fsp3) is 0.190. The molecule has 0 saturated carbocycles. The van der Waals surface area contributed by atoms with E-state index in [1.165, 1.54) is 0 Å². The number of anilines is 1. The minimum Gasteiger partial charge on any atom is -0.484 e. The highest BCUT2D eigenvalue weighted by atomic mass is 16.5. The molecule has 0 spiro atoms. The summed E-state index contributed by atoms with van der Waals surface area (Å²) < 4.78 is 10.6. The predicted octanol–water partition coefficient (Wildman–Crippen LogP) is 3.79. The van der Waals surface area contributed by atoms with Crippen LogP contribution in [-0.2, 0) is 4.79 Å². The molecular weight excluding hydrogens is 342 g/mol. The lowest BCUT2D eigenvalue weighted by Gasteiger charge is -2.09. The van der Waals surface area contributed by atoms with Gasteiger partial charge in [0.1, 0.15) is 5.75 Å². The summed E-state index contributed by atoms with van der Waals surface area (Å²) in [5.41, 5.74) is 4.51. The Morgan fingerprint density at radius 1 is 0.963 bits per heavy atom. The maximum Gasteiger partial charge on any atom is 0.262 e. The molecule has 2 aromatic carbocycles. The van der Waals surface area contributed by atoms with Gasteiger partial charge in [0.05, 0.1) is 12.8 Å². The van der Waals surface area contributed by atoms with E-state index in [1.807, 2.05) is 56.3 Å². The van der Waals surface area contributed by atoms with Gasteiger partial charge in [0.15, 0.2) is 6.61 Å². The molecule has 1 amide bonds. The second-order valence-electron chi connectivity index (χ2n) is 6.20. The van der Waals surface area contributed by atoms with Crippen molar-refractivity contribution in [2.24, 2.45) is 0 Å². The van der Waals surface area contributed by atoms with Gasteiger partial charge in [0, 0.05) is 17.3 Å². The van der Waals surface area contributed by atoms with E-state index in [-0.39, 0.29) is 12.5 Å². The maximum absolute atomic E-state index is 12.1. The molecule has 6 heteroatoms. The van der Waals surface area contributed by atoms with Crippen molar-refractivity contribution in [2.75, 3.05) is 19.0 Å². The number of hydrogen-bond acceptors (Lipinski definition) is 5. The van der Waals surface area contributed by atoms with E-state index in [0.717, 1.165) is 22.4 Å². The van der Waals surface area contributed by atoms with E-state index in [9.17, 15) is 4.79 Å². The number of nitrogens with zero attached hydrogens (tertiary/aromatic N) is 2. The number of amides is 1. The van der Waals surface area contributed by atoms with Crippen LogP contribution in [0.2, 0.25) is 0 Å². The molecule has 27 heavy (non-hydrogen) atoms.